The molecule has 1 aromatic carbocycles. The van der Waals surface area contributed by atoms with Crippen molar-refractivity contribution in [1.82, 2.24) is 20.4 Å². The number of carbonyl (C=O) groups is 2. The molecule has 0 radical (unpaired) electrons. The van der Waals surface area contributed by atoms with Crippen LogP contribution in [-0.2, 0) is 0 Å². The Kier molecular flexibility index (Phi) is 5.35. The van der Waals surface area contributed by atoms with Gasteiger partial charge in [0.15, 0.2) is 0 Å². The first-order valence-corrected chi connectivity index (χ1v) is 8.73. The molecule has 2 unspecified atom stereocenters. The standard InChI is InChI=1S/C18H26N4O2/c1-21-15-7-8-16(21)13-22(12-9-15)18(24)20-11-10-19-17(23)14-5-3-2-4-6-14/h2-6,15-16H,7-13H2,1H3,(H,19,23)(H,20,24). The molecule has 6 heteroatoms. The smallest absolute Gasteiger partial charge is 0.317 e. The van der Waals surface area contributed by atoms with Gasteiger partial charge in [-0.2, -0.15) is 0 Å². The van der Waals surface area contributed by atoms with Crippen LogP contribution in [0.1, 0.15) is 29.6 Å². The average molecular weight is 330 g/mol. The molecule has 2 fully saturated rings. The number of rotatable bonds is 4. The fraction of sp³-hybridized carbons (Fsp3) is 0.556. The van der Waals surface area contributed by atoms with E-state index in [2.05, 4.69) is 22.6 Å². The fourth-order valence-electron chi connectivity index (χ4n) is 3.64. The molecule has 0 saturated carbocycles. The Hall–Kier alpha value is -2.08. The van der Waals surface area contributed by atoms with Gasteiger partial charge in [-0.15, -0.1) is 0 Å². The second-order valence-corrected chi connectivity index (χ2v) is 6.64. The van der Waals surface area contributed by atoms with E-state index in [1.165, 1.54) is 12.8 Å². The van der Waals surface area contributed by atoms with E-state index in [1.54, 1.807) is 12.1 Å². The van der Waals surface area contributed by atoms with Gasteiger partial charge in [-0.1, -0.05) is 18.2 Å². The Bertz CT molecular complexity index is 578. The number of hydrogen-bond donors (Lipinski definition) is 2. The maximum absolute atomic E-state index is 12.3. The number of carbonyl (C=O) groups excluding carboxylic acids is 2. The predicted molar refractivity (Wildman–Crippen MR) is 92.9 cm³/mol. The Morgan fingerprint density at radius 1 is 1.04 bits per heavy atom. The molecule has 2 atom stereocenters. The van der Waals surface area contributed by atoms with Gasteiger partial charge in [0.25, 0.3) is 5.91 Å². The Labute approximate surface area is 143 Å². The van der Waals surface area contributed by atoms with Crippen LogP contribution in [0.2, 0.25) is 0 Å². The third-order valence-electron chi connectivity index (χ3n) is 5.16. The third kappa shape index (κ3) is 3.87. The van der Waals surface area contributed by atoms with Crippen LogP contribution in [0.5, 0.6) is 0 Å². The van der Waals surface area contributed by atoms with Crippen molar-refractivity contribution in [3.8, 4) is 0 Å². The number of fused-ring (bicyclic) bond motifs is 2. The minimum absolute atomic E-state index is 0.0232. The van der Waals surface area contributed by atoms with Gasteiger partial charge in [-0.25, -0.2) is 4.79 Å². The zero-order chi connectivity index (χ0) is 16.9. The van der Waals surface area contributed by atoms with Crippen molar-refractivity contribution in [1.29, 1.82) is 0 Å². The van der Waals surface area contributed by atoms with Crippen molar-refractivity contribution >= 4 is 11.9 Å². The highest BCUT2D eigenvalue weighted by molar-refractivity contribution is 5.94. The summed E-state index contributed by atoms with van der Waals surface area (Å²) in [5.41, 5.74) is 0.635. The number of nitrogens with one attached hydrogen (secondary N) is 2. The average Bonchev–Trinajstić information content (AvgIpc) is 2.84. The summed E-state index contributed by atoms with van der Waals surface area (Å²) in [6.45, 7) is 2.49. The van der Waals surface area contributed by atoms with E-state index in [9.17, 15) is 9.59 Å². The molecule has 2 bridgehead atoms. The lowest BCUT2D eigenvalue weighted by molar-refractivity contribution is 0.0953. The summed E-state index contributed by atoms with van der Waals surface area (Å²) in [5, 5.41) is 5.74. The lowest BCUT2D eigenvalue weighted by atomic mass is 10.1. The maximum Gasteiger partial charge on any atom is 0.317 e. The summed E-state index contributed by atoms with van der Waals surface area (Å²) >= 11 is 0. The lowest BCUT2D eigenvalue weighted by Gasteiger charge is -2.26. The Balaban J connectivity index is 1.39. The molecule has 130 valence electrons. The lowest BCUT2D eigenvalue weighted by Crippen LogP contribution is -2.46. The first-order valence-electron chi connectivity index (χ1n) is 8.73. The quantitative estimate of drug-likeness (QED) is 0.818. The summed E-state index contributed by atoms with van der Waals surface area (Å²) in [6, 6.07) is 10.2. The first kappa shape index (κ1) is 16.8. The van der Waals surface area contributed by atoms with Gasteiger partial charge in [0.1, 0.15) is 0 Å². The van der Waals surface area contributed by atoms with Crippen LogP contribution >= 0.6 is 0 Å². The molecule has 24 heavy (non-hydrogen) atoms. The second-order valence-electron chi connectivity index (χ2n) is 6.64. The monoisotopic (exact) mass is 330 g/mol. The molecule has 6 nitrogen and oxygen atoms in total. The maximum atomic E-state index is 12.3. The minimum atomic E-state index is -0.112. The van der Waals surface area contributed by atoms with Crippen LogP contribution < -0.4 is 10.6 Å². The van der Waals surface area contributed by atoms with E-state index in [-0.39, 0.29) is 11.9 Å². The highest BCUT2D eigenvalue weighted by Crippen LogP contribution is 2.28. The van der Waals surface area contributed by atoms with Crippen LogP contribution in [0.15, 0.2) is 30.3 Å². The summed E-state index contributed by atoms with van der Waals surface area (Å²) in [7, 11) is 2.17. The van der Waals surface area contributed by atoms with Crippen molar-refractivity contribution in [2.75, 3.05) is 33.2 Å². The van der Waals surface area contributed by atoms with Crippen molar-refractivity contribution in [2.24, 2.45) is 0 Å². The number of urea groups is 1. The van der Waals surface area contributed by atoms with Gasteiger partial charge >= 0.3 is 6.03 Å². The number of amides is 3. The van der Waals surface area contributed by atoms with E-state index in [0.29, 0.717) is 30.7 Å². The van der Waals surface area contributed by atoms with Gasteiger partial charge in [0, 0.05) is 43.8 Å². The molecule has 2 aliphatic heterocycles. The van der Waals surface area contributed by atoms with Gasteiger partial charge in [0.2, 0.25) is 0 Å². The molecular formula is C18H26N4O2. The predicted octanol–water partition coefficient (Wildman–Crippen LogP) is 1.29. The van der Waals surface area contributed by atoms with Gasteiger partial charge in [0.05, 0.1) is 0 Å². The molecule has 0 spiro atoms. The molecule has 3 rings (SSSR count). The van der Waals surface area contributed by atoms with E-state index >= 15 is 0 Å². The second kappa shape index (κ2) is 7.66. The highest BCUT2D eigenvalue weighted by atomic mass is 16.2. The number of nitrogens with zero attached hydrogens (tertiary/aromatic N) is 2. The highest BCUT2D eigenvalue weighted by Gasteiger charge is 2.35. The van der Waals surface area contributed by atoms with Crippen LogP contribution in [0.3, 0.4) is 0 Å². The van der Waals surface area contributed by atoms with Gasteiger partial charge < -0.3 is 15.5 Å². The molecular weight excluding hydrogens is 304 g/mol. The zero-order valence-corrected chi connectivity index (χ0v) is 14.2. The number of hydrogen-bond acceptors (Lipinski definition) is 3. The van der Waals surface area contributed by atoms with E-state index in [4.69, 9.17) is 0 Å². The van der Waals surface area contributed by atoms with Crippen LogP contribution in [-0.4, -0.2) is 67.0 Å². The Morgan fingerprint density at radius 3 is 2.54 bits per heavy atom. The van der Waals surface area contributed by atoms with E-state index in [1.807, 2.05) is 23.1 Å². The SMILES string of the molecule is CN1C2CCC1CN(C(=O)NCCNC(=O)c1ccccc1)CC2. The topological polar surface area (TPSA) is 64.7 Å². The molecule has 2 saturated heterocycles. The zero-order valence-electron chi connectivity index (χ0n) is 14.2. The Morgan fingerprint density at radius 2 is 1.75 bits per heavy atom. The largest absolute Gasteiger partial charge is 0.350 e. The minimum Gasteiger partial charge on any atom is -0.350 e. The van der Waals surface area contributed by atoms with E-state index in [0.717, 1.165) is 19.5 Å². The molecule has 3 amide bonds. The molecule has 2 aliphatic rings. The van der Waals surface area contributed by atoms with Gasteiger partial charge in [-0.3, -0.25) is 9.69 Å². The van der Waals surface area contributed by atoms with Crippen LogP contribution in [0.4, 0.5) is 4.79 Å². The molecule has 2 heterocycles. The molecule has 1 aromatic rings. The van der Waals surface area contributed by atoms with Crippen molar-refractivity contribution in [3.05, 3.63) is 35.9 Å². The summed E-state index contributed by atoms with van der Waals surface area (Å²) < 4.78 is 0. The summed E-state index contributed by atoms with van der Waals surface area (Å²) in [6.07, 6.45) is 3.48. The van der Waals surface area contributed by atoms with Crippen molar-refractivity contribution < 1.29 is 9.59 Å². The first-order chi connectivity index (χ1) is 11.6. The van der Waals surface area contributed by atoms with Crippen LogP contribution in [0.25, 0.3) is 0 Å². The number of benzene rings is 1. The van der Waals surface area contributed by atoms with Gasteiger partial charge in [-0.05, 0) is 38.4 Å². The summed E-state index contributed by atoms with van der Waals surface area (Å²) in [4.78, 5) is 28.6. The molecule has 0 aliphatic carbocycles. The molecule has 2 N–H and O–H groups in total. The normalized spacial score (nSPS) is 23.6. The fourth-order valence-corrected chi connectivity index (χ4v) is 3.64. The van der Waals surface area contributed by atoms with Crippen LogP contribution in [0, 0.1) is 0 Å². The van der Waals surface area contributed by atoms with E-state index < -0.39 is 0 Å². The van der Waals surface area contributed by atoms with Crippen molar-refractivity contribution in [3.63, 3.8) is 0 Å². The summed E-state index contributed by atoms with van der Waals surface area (Å²) in [5.74, 6) is -0.112. The van der Waals surface area contributed by atoms with Crippen molar-refractivity contribution in [2.45, 2.75) is 31.3 Å². The molecule has 0 aromatic heterocycles. The number of likely N-dealkylation sites (tertiary alicyclic amines) is 1. The third-order valence-corrected chi connectivity index (χ3v) is 5.16. The number of likely N-dealkylation sites (N-methyl/N-ethyl adjacent to an activating group) is 1.